The molecule has 0 amide bonds. The monoisotopic (exact) mass is 385 g/mol. The number of alkyl halides is 2. The number of aliphatic hydroxyl groups excluding tert-OH is 1. The predicted octanol–water partition coefficient (Wildman–Crippen LogP) is 0.0665. The van der Waals surface area contributed by atoms with Crippen molar-refractivity contribution >= 4 is 13.6 Å². The summed E-state index contributed by atoms with van der Waals surface area (Å²) in [6.07, 6.45) is -5.34. The standard InChI is InChI=1S/C12H18F2N3O7P/c1-6(2)15-8-3-4-17(11(19)16-8)10-12(13,14)9(18)7(24-10)5-23-25(20,21)22/h3-4,6-7,9-10,18H,5H2,1-2H3,(H,15,16,19)(H2,20,21,22)/t7?,9-,10-/m1/s1. The molecule has 0 radical (unpaired) electrons. The molecule has 3 atom stereocenters. The Labute approximate surface area is 140 Å². The van der Waals surface area contributed by atoms with E-state index in [-0.39, 0.29) is 11.9 Å². The molecule has 0 aromatic carbocycles. The second-order valence-corrected chi connectivity index (χ2v) is 6.97. The van der Waals surface area contributed by atoms with Crippen molar-refractivity contribution in [3.05, 3.63) is 22.7 Å². The van der Waals surface area contributed by atoms with Gasteiger partial charge < -0.3 is 24.9 Å². The van der Waals surface area contributed by atoms with Crippen LogP contribution in [0.1, 0.15) is 20.1 Å². The maximum absolute atomic E-state index is 14.2. The van der Waals surface area contributed by atoms with Gasteiger partial charge in [0.1, 0.15) is 11.9 Å². The Morgan fingerprint density at radius 3 is 2.68 bits per heavy atom. The van der Waals surface area contributed by atoms with Crippen LogP contribution in [0, 0.1) is 0 Å². The number of anilines is 1. The number of phosphoric ester groups is 1. The number of phosphoric acid groups is 1. The lowest BCUT2D eigenvalue weighted by molar-refractivity contribution is -0.140. The molecule has 13 heteroatoms. The van der Waals surface area contributed by atoms with Crippen LogP contribution in [0.4, 0.5) is 14.6 Å². The highest BCUT2D eigenvalue weighted by atomic mass is 31.2. The Morgan fingerprint density at radius 2 is 2.16 bits per heavy atom. The molecule has 1 unspecified atom stereocenters. The van der Waals surface area contributed by atoms with E-state index in [1.807, 2.05) is 0 Å². The highest BCUT2D eigenvalue weighted by Gasteiger charge is 2.60. The first-order valence-electron chi connectivity index (χ1n) is 7.19. The van der Waals surface area contributed by atoms with Gasteiger partial charge in [0.25, 0.3) is 0 Å². The molecule has 1 fully saturated rings. The van der Waals surface area contributed by atoms with E-state index < -0.39 is 44.5 Å². The van der Waals surface area contributed by atoms with Gasteiger partial charge in [-0.15, -0.1) is 0 Å². The van der Waals surface area contributed by atoms with Crippen molar-refractivity contribution in [3.63, 3.8) is 0 Å². The van der Waals surface area contributed by atoms with E-state index >= 15 is 0 Å². The maximum atomic E-state index is 14.2. The molecule has 1 aliphatic heterocycles. The molecule has 2 heterocycles. The minimum absolute atomic E-state index is 0.0390. The molecule has 142 valence electrons. The van der Waals surface area contributed by atoms with Crippen LogP contribution < -0.4 is 11.0 Å². The van der Waals surface area contributed by atoms with E-state index in [0.717, 1.165) is 6.20 Å². The predicted molar refractivity (Wildman–Crippen MR) is 80.1 cm³/mol. The number of ether oxygens (including phenoxy) is 1. The molecule has 4 N–H and O–H groups in total. The molecular formula is C12H18F2N3O7P. The van der Waals surface area contributed by atoms with Crippen molar-refractivity contribution in [2.24, 2.45) is 0 Å². The Morgan fingerprint density at radius 1 is 1.52 bits per heavy atom. The van der Waals surface area contributed by atoms with Crippen LogP contribution in [0.5, 0.6) is 0 Å². The summed E-state index contributed by atoms with van der Waals surface area (Å²) in [5, 5.41) is 12.5. The van der Waals surface area contributed by atoms with Crippen LogP contribution in [0.3, 0.4) is 0 Å². The van der Waals surface area contributed by atoms with Crippen molar-refractivity contribution in [3.8, 4) is 0 Å². The Kier molecular flexibility index (Phi) is 5.62. The largest absolute Gasteiger partial charge is 0.469 e. The van der Waals surface area contributed by atoms with E-state index in [1.165, 1.54) is 6.07 Å². The fourth-order valence-corrected chi connectivity index (χ4v) is 2.59. The first-order valence-corrected chi connectivity index (χ1v) is 8.72. The summed E-state index contributed by atoms with van der Waals surface area (Å²) in [6, 6.07) is 1.25. The second kappa shape index (κ2) is 7.06. The topological polar surface area (TPSA) is 143 Å². The second-order valence-electron chi connectivity index (χ2n) is 5.73. The lowest BCUT2D eigenvalue weighted by Gasteiger charge is -2.21. The summed E-state index contributed by atoms with van der Waals surface area (Å²) in [4.78, 5) is 32.8. The van der Waals surface area contributed by atoms with Gasteiger partial charge in [-0.05, 0) is 19.9 Å². The lowest BCUT2D eigenvalue weighted by atomic mass is 10.1. The third kappa shape index (κ3) is 4.60. The third-order valence-electron chi connectivity index (χ3n) is 3.31. The third-order valence-corrected chi connectivity index (χ3v) is 3.79. The fraction of sp³-hybridized carbons (Fsp3) is 0.667. The minimum Gasteiger partial charge on any atom is -0.384 e. The quantitative estimate of drug-likeness (QED) is 0.500. The van der Waals surface area contributed by atoms with E-state index in [0.29, 0.717) is 4.57 Å². The molecule has 0 spiro atoms. The number of nitrogens with zero attached hydrogens (tertiary/aromatic N) is 2. The van der Waals surface area contributed by atoms with Crippen molar-refractivity contribution in [2.45, 2.75) is 44.2 Å². The first-order chi connectivity index (χ1) is 11.4. The van der Waals surface area contributed by atoms with Gasteiger partial charge in [-0.2, -0.15) is 13.8 Å². The zero-order valence-corrected chi connectivity index (χ0v) is 14.1. The number of aliphatic hydroxyl groups is 1. The van der Waals surface area contributed by atoms with Crippen molar-refractivity contribution in [1.82, 2.24) is 9.55 Å². The molecular weight excluding hydrogens is 367 g/mol. The Bertz CT molecular complexity index is 723. The Hall–Kier alpha value is -1.43. The van der Waals surface area contributed by atoms with Gasteiger partial charge in [0.05, 0.1) is 6.61 Å². The zero-order valence-electron chi connectivity index (χ0n) is 13.2. The summed E-state index contributed by atoms with van der Waals surface area (Å²) in [6.45, 7) is 2.61. The van der Waals surface area contributed by atoms with Crippen molar-refractivity contribution in [1.29, 1.82) is 0 Å². The van der Waals surface area contributed by atoms with E-state index in [1.54, 1.807) is 13.8 Å². The number of hydrogen-bond acceptors (Lipinski definition) is 7. The van der Waals surface area contributed by atoms with Gasteiger partial charge in [-0.1, -0.05) is 0 Å². The summed E-state index contributed by atoms with van der Waals surface area (Å²) in [7, 11) is -4.93. The molecule has 1 saturated heterocycles. The van der Waals surface area contributed by atoms with Crippen LogP contribution in [0.25, 0.3) is 0 Å². The minimum atomic E-state index is -4.93. The van der Waals surface area contributed by atoms with Crippen LogP contribution in [-0.2, 0) is 13.8 Å². The molecule has 0 bridgehead atoms. The number of hydrogen-bond donors (Lipinski definition) is 4. The SMILES string of the molecule is CC(C)Nc1ccn([C@@H]2OC(COP(=O)(O)O)[C@@H](O)C2(F)F)c(=O)n1. The Balaban J connectivity index is 2.24. The summed E-state index contributed by atoms with van der Waals surface area (Å²) in [5.41, 5.74) is -1.04. The highest BCUT2D eigenvalue weighted by molar-refractivity contribution is 7.46. The van der Waals surface area contributed by atoms with Gasteiger partial charge in [-0.25, -0.2) is 9.36 Å². The van der Waals surface area contributed by atoms with Crippen LogP contribution in [-0.4, -0.2) is 55.2 Å². The lowest BCUT2D eigenvalue weighted by Crippen LogP contribution is -2.42. The van der Waals surface area contributed by atoms with Crippen LogP contribution >= 0.6 is 7.82 Å². The van der Waals surface area contributed by atoms with Crippen LogP contribution in [0.2, 0.25) is 0 Å². The molecule has 25 heavy (non-hydrogen) atoms. The number of rotatable bonds is 6. The number of halogens is 2. The normalized spacial score (nSPS) is 26.2. The summed E-state index contributed by atoms with van der Waals surface area (Å²) >= 11 is 0. The molecule has 2 rings (SSSR count). The highest BCUT2D eigenvalue weighted by Crippen LogP contribution is 2.44. The molecule has 0 saturated carbocycles. The molecule has 1 aromatic heterocycles. The van der Waals surface area contributed by atoms with Gasteiger partial charge in [0.15, 0.2) is 6.10 Å². The van der Waals surface area contributed by atoms with E-state index in [9.17, 15) is 23.2 Å². The maximum Gasteiger partial charge on any atom is 0.469 e. The zero-order chi connectivity index (χ0) is 19.0. The van der Waals surface area contributed by atoms with Crippen molar-refractivity contribution in [2.75, 3.05) is 11.9 Å². The molecule has 0 aliphatic carbocycles. The number of nitrogens with one attached hydrogen (secondary N) is 1. The van der Waals surface area contributed by atoms with Crippen molar-refractivity contribution < 1.29 is 37.5 Å². The van der Waals surface area contributed by atoms with E-state index in [4.69, 9.17) is 14.5 Å². The smallest absolute Gasteiger partial charge is 0.384 e. The average molecular weight is 385 g/mol. The molecule has 1 aromatic rings. The first kappa shape index (κ1) is 19.9. The summed E-state index contributed by atoms with van der Waals surface area (Å²) in [5.74, 6) is -3.72. The van der Waals surface area contributed by atoms with Gasteiger partial charge >= 0.3 is 19.4 Å². The van der Waals surface area contributed by atoms with E-state index in [2.05, 4.69) is 14.8 Å². The van der Waals surface area contributed by atoms with Crippen LogP contribution in [0.15, 0.2) is 17.1 Å². The van der Waals surface area contributed by atoms with Gasteiger partial charge in [0.2, 0.25) is 6.23 Å². The number of aromatic nitrogens is 2. The van der Waals surface area contributed by atoms with Gasteiger partial charge in [0, 0.05) is 12.2 Å². The molecule has 1 aliphatic rings. The average Bonchev–Trinajstić information content (AvgIpc) is 2.67. The van der Waals surface area contributed by atoms with Gasteiger partial charge in [-0.3, -0.25) is 9.09 Å². The summed E-state index contributed by atoms with van der Waals surface area (Å²) < 4.78 is 48.6. The fourth-order valence-electron chi connectivity index (χ4n) is 2.24. The molecule has 10 nitrogen and oxygen atoms in total.